The summed E-state index contributed by atoms with van der Waals surface area (Å²) in [6.07, 6.45) is 6.81. The van der Waals surface area contributed by atoms with E-state index >= 15 is 0 Å². The van der Waals surface area contributed by atoms with E-state index in [9.17, 15) is 13.2 Å². The summed E-state index contributed by atoms with van der Waals surface area (Å²) < 4.78 is 31.2. The van der Waals surface area contributed by atoms with Crippen molar-refractivity contribution in [3.8, 4) is 0 Å². The quantitative estimate of drug-likeness (QED) is 0.662. The topological polar surface area (TPSA) is 98.2 Å². The zero-order chi connectivity index (χ0) is 16.0. The van der Waals surface area contributed by atoms with E-state index in [1.54, 1.807) is 12.1 Å². The van der Waals surface area contributed by atoms with Crippen LogP contribution in [0, 0.1) is 0 Å². The fourth-order valence-electron chi connectivity index (χ4n) is 1.56. The Hall–Kier alpha value is -2.74. The molecule has 0 saturated heterocycles. The second-order valence-corrected chi connectivity index (χ2v) is 5.84. The lowest BCUT2D eigenvalue weighted by atomic mass is 10.2. The average Bonchev–Trinajstić information content (AvgIpc) is 2.53. The maximum absolute atomic E-state index is 12.2. The predicted octanol–water partition coefficient (Wildman–Crippen LogP) is 1.46. The van der Waals surface area contributed by atoms with Crippen molar-refractivity contribution in [1.82, 2.24) is 9.97 Å². The number of esters is 1. The summed E-state index contributed by atoms with van der Waals surface area (Å²) in [4.78, 5) is 18.5. The maximum Gasteiger partial charge on any atom is 0.330 e. The van der Waals surface area contributed by atoms with E-state index in [4.69, 9.17) is 0 Å². The Labute approximate surface area is 127 Å². The minimum atomic E-state index is -3.71. The molecule has 2 aromatic rings. The van der Waals surface area contributed by atoms with E-state index in [0.717, 1.165) is 0 Å². The standard InChI is InChI=1S/C14H13N3O4S/c1-21-14(18)7-4-11-2-5-13(6-3-11)22(19,20)17-12-8-15-10-16-9-12/h2-10,17H,1H3/b7-4+. The molecule has 7 nitrogen and oxygen atoms in total. The molecule has 0 radical (unpaired) electrons. The lowest BCUT2D eigenvalue weighted by Crippen LogP contribution is -2.13. The monoisotopic (exact) mass is 319 g/mol. The van der Waals surface area contributed by atoms with Crippen LogP contribution in [-0.2, 0) is 19.6 Å². The van der Waals surface area contributed by atoms with E-state index in [1.807, 2.05) is 0 Å². The molecule has 0 aliphatic rings. The number of rotatable bonds is 5. The van der Waals surface area contributed by atoms with Crippen molar-refractivity contribution < 1.29 is 17.9 Å². The number of sulfonamides is 1. The van der Waals surface area contributed by atoms with E-state index in [1.165, 1.54) is 50.1 Å². The highest BCUT2D eigenvalue weighted by molar-refractivity contribution is 7.92. The number of benzene rings is 1. The number of aromatic nitrogens is 2. The van der Waals surface area contributed by atoms with Crippen LogP contribution >= 0.6 is 0 Å². The first-order valence-electron chi connectivity index (χ1n) is 6.15. The predicted molar refractivity (Wildman–Crippen MR) is 80.3 cm³/mol. The first kappa shape index (κ1) is 15.6. The van der Waals surface area contributed by atoms with Gasteiger partial charge in [-0.1, -0.05) is 12.1 Å². The first-order valence-corrected chi connectivity index (χ1v) is 7.63. The number of ether oxygens (including phenoxy) is 1. The number of carbonyl (C=O) groups excluding carboxylic acids is 1. The van der Waals surface area contributed by atoms with Gasteiger partial charge < -0.3 is 4.74 Å². The van der Waals surface area contributed by atoms with Crippen LogP contribution in [0.25, 0.3) is 6.08 Å². The molecule has 2 rings (SSSR count). The van der Waals surface area contributed by atoms with Crippen LogP contribution in [0.3, 0.4) is 0 Å². The highest BCUT2D eigenvalue weighted by atomic mass is 32.2. The molecule has 1 aromatic heterocycles. The van der Waals surface area contributed by atoms with Gasteiger partial charge in [-0.05, 0) is 23.8 Å². The molecule has 0 amide bonds. The summed E-state index contributed by atoms with van der Waals surface area (Å²) in [6.45, 7) is 0. The van der Waals surface area contributed by atoms with Crippen LogP contribution in [-0.4, -0.2) is 31.5 Å². The Kier molecular flexibility index (Phi) is 4.84. The van der Waals surface area contributed by atoms with Crippen LogP contribution < -0.4 is 4.72 Å². The van der Waals surface area contributed by atoms with Crippen molar-refractivity contribution in [3.05, 3.63) is 54.6 Å². The number of anilines is 1. The minimum absolute atomic E-state index is 0.0894. The van der Waals surface area contributed by atoms with Gasteiger partial charge in [-0.2, -0.15) is 0 Å². The first-order chi connectivity index (χ1) is 10.5. The number of methoxy groups -OCH3 is 1. The molecule has 0 aliphatic carbocycles. The summed E-state index contributed by atoms with van der Waals surface area (Å²) in [5.74, 6) is -0.484. The fourth-order valence-corrected chi connectivity index (χ4v) is 2.58. The van der Waals surface area contributed by atoms with Crippen molar-refractivity contribution in [1.29, 1.82) is 0 Å². The van der Waals surface area contributed by atoms with Gasteiger partial charge in [0.2, 0.25) is 0 Å². The summed E-state index contributed by atoms with van der Waals surface area (Å²) in [6, 6.07) is 6.02. The van der Waals surface area contributed by atoms with Crippen molar-refractivity contribution in [2.75, 3.05) is 11.8 Å². The summed E-state index contributed by atoms with van der Waals surface area (Å²) in [5, 5.41) is 0. The Morgan fingerprint density at radius 1 is 1.18 bits per heavy atom. The molecular weight excluding hydrogens is 306 g/mol. The third kappa shape index (κ3) is 4.13. The highest BCUT2D eigenvalue weighted by Gasteiger charge is 2.13. The van der Waals surface area contributed by atoms with Gasteiger partial charge in [0.1, 0.15) is 6.33 Å². The van der Waals surface area contributed by atoms with Crippen molar-refractivity contribution in [2.24, 2.45) is 0 Å². The molecule has 0 saturated carbocycles. The average molecular weight is 319 g/mol. The molecule has 0 unspecified atom stereocenters. The normalized spacial score (nSPS) is 11.3. The van der Waals surface area contributed by atoms with E-state index in [0.29, 0.717) is 5.56 Å². The molecular formula is C14H13N3O4S. The number of carbonyl (C=O) groups is 1. The van der Waals surface area contributed by atoms with Crippen LogP contribution in [0.15, 0.2) is 54.0 Å². The third-order valence-electron chi connectivity index (χ3n) is 2.62. The molecule has 0 fully saturated rings. The second kappa shape index (κ2) is 6.81. The van der Waals surface area contributed by atoms with Crippen molar-refractivity contribution in [3.63, 3.8) is 0 Å². The highest BCUT2D eigenvalue weighted by Crippen LogP contribution is 2.15. The van der Waals surface area contributed by atoms with Gasteiger partial charge in [-0.25, -0.2) is 23.2 Å². The van der Waals surface area contributed by atoms with Crippen LogP contribution in [0.2, 0.25) is 0 Å². The fraction of sp³-hybridized carbons (Fsp3) is 0.0714. The Morgan fingerprint density at radius 3 is 2.41 bits per heavy atom. The molecule has 1 aromatic carbocycles. The van der Waals surface area contributed by atoms with Gasteiger partial charge in [0.05, 0.1) is 30.1 Å². The second-order valence-electron chi connectivity index (χ2n) is 4.16. The third-order valence-corrected chi connectivity index (χ3v) is 4.01. The molecule has 22 heavy (non-hydrogen) atoms. The molecule has 8 heteroatoms. The minimum Gasteiger partial charge on any atom is -0.466 e. The maximum atomic E-state index is 12.2. The number of hydrogen-bond donors (Lipinski definition) is 1. The number of hydrogen-bond acceptors (Lipinski definition) is 6. The summed E-state index contributed by atoms with van der Waals surface area (Å²) in [5.41, 5.74) is 0.949. The number of nitrogens with zero attached hydrogens (tertiary/aromatic N) is 2. The van der Waals surface area contributed by atoms with Crippen molar-refractivity contribution >= 4 is 27.8 Å². The SMILES string of the molecule is COC(=O)/C=C/c1ccc(S(=O)(=O)Nc2cncnc2)cc1. The molecule has 1 heterocycles. The largest absolute Gasteiger partial charge is 0.466 e. The van der Waals surface area contributed by atoms with Gasteiger partial charge in [0.25, 0.3) is 10.0 Å². The zero-order valence-electron chi connectivity index (χ0n) is 11.6. The molecule has 0 bridgehead atoms. The van der Waals surface area contributed by atoms with E-state index in [2.05, 4.69) is 19.4 Å². The summed E-state index contributed by atoms with van der Waals surface area (Å²) >= 11 is 0. The van der Waals surface area contributed by atoms with E-state index < -0.39 is 16.0 Å². The van der Waals surface area contributed by atoms with Gasteiger partial charge in [-0.15, -0.1) is 0 Å². The van der Waals surface area contributed by atoms with E-state index in [-0.39, 0.29) is 10.6 Å². The molecule has 0 spiro atoms. The van der Waals surface area contributed by atoms with Gasteiger partial charge >= 0.3 is 5.97 Å². The Morgan fingerprint density at radius 2 is 1.82 bits per heavy atom. The van der Waals surface area contributed by atoms with Crippen LogP contribution in [0.1, 0.15) is 5.56 Å². The molecule has 114 valence electrons. The molecule has 1 N–H and O–H groups in total. The lowest BCUT2D eigenvalue weighted by Gasteiger charge is -2.07. The summed E-state index contributed by atoms with van der Waals surface area (Å²) in [7, 11) is -2.43. The van der Waals surface area contributed by atoms with Crippen LogP contribution in [0.5, 0.6) is 0 Å². The van der Waals surface area contributed by atoms with Crippen LogP contribution in [0.4, 0.5) is 5.69 Å². The molecule has 0 atom stereocenters. The van der Waals surface area contributed by atoms with Crippen molar-refractivity contribution in [2.45, 2.75) is 4.90 Å². The van der Waals surface area contributed by atoms with Gasteiger partial charge in [0, 0.05) is 6.08 Å². The van der Waals surface area contributed by atoms with Gasteiger partial charge in [0.15, 0.2) is 0 Å². The molecule has 0 aliphatic heterocycles. The Balaban J connectivity index is 2.15. The zero-order valence-corrected chi connectivity index (χ0v) is 12.4. The Bertz CT molecular complexity index is 771. The lowest BCUT2D eigenvalue weighted by molar-refractivity contribution is -0.134. The number of nitrogens with one attached hydrogen (secondary N) is 1. The van der Waals surface area contributed by atoms with Gasteiger partial charge in [-0.3, -0.25) is 4.72 Å². The smallest absolute Gasteiger partial charge is 0.330 e.